The Morgan fingerprint density at radius 2 is 1.06 bits per heavy atom. The maximum atomic E-state index is 11.2. The lowest BCUT2D eigenvalue weighted by molar-refractivity contribution is -0.137. The van der Waals surface area contributed by atoms with Gasteiger partial charge in [0.2, 0.25) is 3.23 Å². The minimum Gasteiger partial charge on any atom is -0.480 e. The fourth-order valence-electron chi connectivity index (χ4n) is 0.509. The van der Waals surface area contributed by atoms with Gasteiger partial charge in [0.15, 0.2) is 2.14 Å². The normalized spacial score (nSPS) is 15.1. The lowest BCUT2D eigenvalue weighted by Gasteiger charge is -2.44. The van der Waals surface area contributed by atoms with Crippen LogP contribution in [0, 0.1) is 0 Å². The SMILES string of the molecule is O=C(O)C(Br)(Br)C(Br)(Br)C(Br)(Br)C(Br)(Br)Br. The van der Waals surface area contributed by atoms with E-state index in [0.717, 1.165) is 0 Å². The molecule has 0 atom stereocenters. The Hall–Kier alpha value is 3.79. The molecular formula is C5HBr9O2. The van der Waals surface area contributed by atoms with E-state index in [1.165, 1.54) is 0 Å². The fraction of sp³-hybridized carbons (Fsp3) is 0.800. The zero-order valence-corrected chi connectivity index (χ0v) is 21.0. The Kier molecular flexibility index (Phi) is 7.76. The zero-order chi connectivity index (χ0) is 13.6. The van der Waals surface area contributed by atoms with Crippen LogP contribution in [0.4, 0.5) is 0 Å². The highest BCUT2D eigenvalue weighted by Gasteiger charge is 2.67. The average molecular weight is 812 g/mol. The summed E-state index contributed by atoms with van der Waals surface area (Å²) < 4.78 is -4.41. The van der Waals surface area contributed by atoms with Crippen molar-refractivity contribution in [2.45, 2.75) is 11.8 Å². The fourth-order valence-corrected chi connectivity index (χ4v) is 6.19. The van der Waals surface area contributed by atoms with Crippen LogP contribution in [-0.4, -0.2) is 22.9 Å². The van der Waals surface area contributed by atoms with Crippen LogP contribution in [0.5, 0.6) is 0 Å². The van der Waals surface area contributed by atoms with E-state index in [2.05, 4.69) is 143 Å². The molecule has 0 saturated carbocycles. The van der Waals surface area contributed by atoms with Gasteiger partial charge in [0, 0.05) is 0 Å². The summed E-state index contributed by atoms with van der Waals surface area (Å²) in [6.45, 7) is 0. The maximum Gasteiger partial charge on any atom is 0.333 e. The maximum absolute atomic E-state index is 11.2. The molecule has 0 aliphatic heterocycles. The number of carboxylic acid groups (broad SMARTS) is 1. The molecule has 0 rings (SSSR count). The Morgan fingerprint density at radius 3 is 1.25 bits per heavy atom. The summed E-state index contributed by atoms with van der Waals surface area (Å²) in [6.07, 6.45) is 0. The second-order valence-corrected chi connectivity index (χ2v) is 19.6. The van der Waals surface area contributed by atoms with Gasteiger partial charge < -0.3 is 5.11 Å². The Bertz CT molecular complexity index is 291. The van der Waals surface area contributed by atoms with Crippen LogP contribution in [0.1, 0.15) is 0 Å². The van der Waals surface area contributed by atoms with Crippen molar-refractivity contribution in [2.75, 3.05) is 0 Å². The van der Waals surface area contributed by atoms with Crippen molar-refractivity contribution in [2.24, 2.45) is 0 Å². The topological polar surface area (TPSA) is 37.3 Å². The van der Waals surface area contributed by atoms with Crippen LogP contribution in [0.3, 0.4) is 0 Å². The van der Waals surface area contributed by atoms with E-state index in [-0.39, 0.29) is 0 Å². The molecule has 1 N–H and O–H groups in total. The third kappa shape index (κ3) is 3.71. The molecule has 0 aromatic carbocycles. The Labute approximate surface area is 168 Å². The lowest BCUT2D eigenvalue weighted by Crippen LogP contribution is -2.56. The van der Waals surface area contributed by atoms with Gasteiger partial charge >= 0.3 is 5.97 Å². The molecule has 0 aliphatic carbocycles. The first-order valence-electron chi connectivity index (χ1n) is 3.13. The smallest absolute Gasteiger partial charge is 0.333 e. The van der Waals surface area contributed by atoms with Crippen molar-refractivity contribution >= 4 is 149 Å². The molecule has 2 nitrogen and oxygen atoms in total. The molecule has 96 valence electrons. The highest BCUT2D eigenvalue weighted by atomic mass is 80.0. The van der Waals surface area contributed by atoms with Crippen LogP contribution in [0.15, 0.2) is 0 Å². The molecule has 0 radical (unpaired) electrons. The third-order valence-corrected chi connectivity index (χ3v) is 17.3. The summed E-state index contributed by atoms with van der Waals surface area (Å²) in [5.74, 6) is -1.11. The van der Waals surface area contributed by atoms with Crippen LogP contribution in [-0.2, 0) is 4.79 Å². The largest absolute Gasteiger partial charge is 0.480 e. The number of carboxylic acids is 1. The molecule has 0 aliphatic rings. The summed E-state index contributed by atoms with van der Waals surface area (Å²) in [5, 5.41) is 9.16. The van der Waals surface area contributed by atoms with Crippen LogP contribution in [0.25, 0.3) is 0 Å². The van der Waals surface area contributed by atoms with E-state index < -0.39 is 17.8 Å². The molecule has 0 amide bonds. The van der Waals surface area contributed by atoms with Gasteiger partial charge in [-0.3, -0.25) is 0 Å². The first-order chi connectivity index (χ1) is 6.69. The van der Waals surface area contributed by atoms with Gasteiger partial charge in [-0.2, -0.15) is 0 Å². The van der Waals surface area contributed by atoms with Crippen molar-refractivity contribution in [3.05, 3.63) is 0 Å². The summed E-state index contributed by atoms with van der Waals surface area (Å²) in [5.41, 5.74) is 0. The summed E-state index contributed by atoms with van der Waals surface area (Å²) in [6, 6.07) is 0. The molecule has 0 fully saturated rings. The number of hydrogen-bond donors (Lipinski definition) is 1. The Balaban J connectivity index is 5.62. The summed E-state index contributed by atoms with van der Waals surface area (Å²) in [4.78, 5) is 11.2. The highest BCUT2D eigenvalue weighted by molar-refractivity contribution is 9.42. The van der Waals surface area contributed by atoms with E-state index in [4.69, 9.17) is 5.11 Å². The van der Waals surface area contributed by atoms with Crippen LogP contribution < -0.4 is 0 Å². The standard InChI is InChI=1S/C5HBr9O2/c6-2(7,1(15)16)3(8,9)4(10,11)5(12,13)14/h(H,15,16). The van der Waals surface area contributed by atoms with Crippen molar-refractivity contribution in [3.63, 3.8) is 0 Å². The number of carbonyl (C=O) groups is 1. The van der Waals surface area contributed by atoms with E-state index in [9.17, 15) is 4.79 Å². The second kappa shape index (κ2) is 6.27. The van der Waals surface area contributed by atoms with E-state index in [1.54, 1.807) is 0 Å². The number of aliphatic carboxylic acids is 1. The van der Waals surface area contributed by atoms with Gasteiger partial charge in [-0.25, -0.2) is 4.79 Å². The van der Waals surface area contributed by atoms with Crippen molar-refractivity contribution < 1.29 is 9.90 Å². The molecule has 0 saturated heterocycles. The minimum atomic E-state index is -1.47. The molecule has 16 heavy (non-hydrogen) atoms. The van der Waals surface area contributed by atoms with Gasteiger partial charge in [0.1, 0.15) is 6.47 Å². The molecular weight excluding hydrogens is 811 g/mol. The van der Waals surface area contributed by atoms with Gasteiger partial charge in [0.25, 0.3) is 0 Å². The molecule has 0 heterocycles. The zero-order valence-electron chi connectivity index (χ0n) is 6.76. The van der Waals surface area contributed by atoms with E-state index >= 15 is 0 Å². The molecule has 0 aromatic rings. The van der Waals surface area contributed by atoms with Crippen LogP contribution in [0.2, 0.25) is 0 Å². The van der Waals surface area contributed by atoms with Gasteiger partial charge in [-0.1, -0.05) is 143 Å². The van der Waals surface area contributed by atoms with Crippen molar-refractivity contribution in [1.29, 1.82) is 0 Å². The molecule has 0 spiro atoms. The molecule has 0 aromatic heterocycles. The highest BCUT2D eigenvalue weighted by Crippen LogP contribution is 2.68. The van der Waals surface area contributed by atoms with Crippen molar-refractivity contribution in [3.8, 4) is 0 Å². The predicted molar refractivity (Wildman–Crippen MR) is 98.9 cm³/mol. The van der Waals surface area contributed by atoms with Crippen molar-refractivity contribution in [1.82, 2.24) is 0 Å². The minimum absolute atomic E-state index is 0.824. The number of alkyl halides is 9. The molecule has 0 unspecified atom stereocenters. The molecule has 11 heteroatoms. The second-order valence-electron chi connectivity index (χ2n) is 2.53. The number of hydrogen-bond acceptors (Lipinski definition) is 1. The summed E-state index contributed by atoms with van der Waals surface area (Å²) in [7, 11) is 0. The van der Waals surface area contributed by atoms with Crippen LogP contribution >= 0.6 is 143 Å². The molecule has 0 bridgehead atoms. The van der Waals surface area contributed by atoms with E-state index in [0.29, 0.717) is 0 Å². The Morgan fingerprint density at radius 1 is 0.750 bits per heavy atom. The quantitative estimate of drug-likeness (QED) is 0.337. The monoisotopic (exact) mass is 803 g/mol. The van der Waals surface area contributed by atoms with Gasteiger partial charge in [0.05, 0.1) is 0 Å². The first kappa shape index (κ1) is 19.8. The number of halogens is 9. The first-order valence-corrected chi connectivity index (χ1v) is 10.3. The predicted octanol–water partition coefficient (Wildman–Crippen LogP) is 6.37. The summed E-state index contributed by atoms with van der Waals surface area (Å²) >= 11 is 29.6. The van der Waals surface area contributed by atoms with Gasteiger partial charge in [-0.15, -0.1) is 0 Å². The third-order valence-electron chi connectivity index (χ3n) is 1.41. The average Bonchev–Trinajstić information content (AvgIpc) is 2.00. The van der Waals surface area contributed by atoms with Gasteiger partial charge in [-0.05, 0) is 0 Å². The lowest BCUT2D eigenvalue weighted by atomic mass is 10.2. The van der Waals surface area contributed by atoms with E-state index in [1.807, 2.05) is 0 Å². The number of rotatable bonds is 3.